The van der Waals surface area contributed by atoms with Crippen molar-refractivity contribution in [1.29, 1.82) is 0 Å². The smallest absolute Gasteiger partial charge is 0.328 e. The minimum atomic E-state index is -0.733. The van der Waals surface area contributed by atoms with Crippen LogP contribution < -0.4 is 15.4 Å². The minimum absolute atomic E-state index is 0.374. The van der Waals surface area contributed by atoms with Gasteiger partial charge in [-0.15, -0.1) is 0 Å². The molecule has 0 bridgehead atoms. The molecule has 0 aliphatic heterocycles. The Bertz CT molecular complexity index is 702. The summed E-state index contributed by atoms with van der Waals surface area (Å²) in [4.78, 5) is 24.0. The van der Waals surface area contributed by atoms with Crippen molar-refractivity contribution in [3.8, 4) is 5.75 Å². The van der Waals surface area contributed by atoms with Crippen molar-refractivity contribution in [3.63, 3.8) is 0 Å². The van der Waals surface area contributed by atoms with E-state index in [0.29, 0.717) is 19.4 Å². The van der Waals surface area contributed by atoms with Gasteiger partial charge in [0.1, 0.15) is 11.8 Å². The summed E-state index contributed by atoms with van der Waals surface area (Å²) in [5.74, 6) is 0.320. The molecule has 138 valence electrons. The molecule has 0 aliphatic rings. The summed E-state index contributed by atoms with van der Waals surface area (Å²) in [6, 6.07) is 16.0. The van der Waals surface area contributed by atoms with E-state index in [1.807, 2.05) is 54.6 Å². The molecule has 2 aromatic carbocycles. The van der Waals surface area contributed by atoms with Gasteiger partial charge >= 0.3 is 12.0 Å². The number of carbonyl (C=O) groups excluding carboxylic acids is 2. The summed E-state index contributed by atoms with van der Waals surface area (Å²) < 4.78 is 9.90. The molecular formula is C20H24N2O4. The van der Waals surface area contributed by atoms with E-state index in [0.717, 1.165) is 16.9 Å². The molecule has 2 N–H and O–H groups in total. The zero-order valence-corrected chi connectivity index (χ0v) is 15.0. The molecule has 0 saturated heterocycles. The van der Waals surface area contributed by atoms with Crippen LogP contribution in [-0.4, -0.2) is 38.8 Å². The van der Waals surface area contributed by atoms with Crippen LogP contribution in [0.1, 0.15) is 11.1 Å². The minimum Gasteiger partial charge on any atom is -0.497 e. The molecule has 2 rings (SSSR count). The van der Waals surface area contributed by atoms with Crippen molar-refractivity contribution in [2.75, 3.05) is 20.8 Å². The molecule has 0 heterocycles. The van der Waals surface area contributed by atoms with Gasteiger partial charge in [0, 0.05) is 13.0 Å². The summed E-state index contributed by atoms with van der Waals surface area (Å²) in [5.41, 5.74) is 2.03. The van der Waals surface area contributed by atoms with E-state index in [9.17, 15) is 9.59 Å². The molecule has 2 aromatic rings. The number of carbonyl (C=O) groups is 2. The van der Waals surface area contributed by atoms with E-state index < -0.39 is 18.0 Å². The fraction of sp³-hybridized carbons (Fsp3) is 0.300. The predicted molar refractivity (Wildman–Crippen MR) is 99.2 cm³/mol. The van der Waals surface area contributed by atoms with Crippen LogP contribution in [0.15, 0.2) is 54.6 Å². The lowest BCUT2D eigenvalue weighted by atomic mass is 10.1. The second kappa shape index (κ2) is 10.1. The van der Waals surface area contributed by atoms with Gasteiger partial charge in [0.2, 0.25) is 0 Å². The molecule has 0 fully saturated rings. The Hall–Kier alpha value is -3.02. The molecule has 0 unspecified atom stereocenters. The van der Waals surface area contributed by atoms with Crippen molar-refractivity contribution in [2.24, 2.45) is 0 Å². The van der Waals surface area contributed by atoms with Crippen LogP contribution in [0.25, 0.3) is 0 Å². The number of rotatable bonds is 8. The third kappa shape index (κ3) is 6.12. The highest BCUT2D eigenvalue weighted by Crippen LogP contribution is 2.11. The summed E-state index contributed by atoms with van der Waals surface area (Å²) in [6.45, 7) is 0.456. The Labute approximate surface area is 153 Å². The van der Waals surface area contributed by atoms with Crippen LogP contribution in [0.5, 0.6) is 5.75 Å². The third-order valence-electron chi connectivity index (χ3n) is 3.93. The molecule has 6 heteroatoms. The number of methoxy groups -OCH3 is 2. The number of hydrogen-bond donors (Lipinski definition) is 2. The molecule has 0 aromatic heterocycles. The van der Waals surface area contributed by atoms with Gasteiger partial charge in [-0.1, -0.05) is 42.5 Å². The van der Waals surface area contributed by atoms with Gasteiger partial charge in [-0.25, -0.2) is 9.59 Å². The molecule has 2 amide bonds. The van der Waals surface area contributed by atoms with Crippen LogP contribution >= 0.6 is 0 Å². The second-order valence-electron chi connectivity index (χ2n) is 5.76. The average molecular weight is 356 g/mol. The first-order valence-electron chi connectivity index (χ1n) is 8.41. The van der Waals surface area contributed by atoms with E-state index in [4.69, 9.17) is 9.47 Å². The largest absolute Gasteiger partial charge is 0.497 e. The fourth-order valence-corrected chi connectivity index (χ4v) is 2.51. The number of ether oxygens (including phenoxy) is 2. The Morgan fingerprint density at radius 1 is 0.962 bits per heavy atom. The quantitative estimate of drug-likeness (QED) is 0.712. The predicted octanol–water partition coefficient (Wildman–Crippen LogP) is 2.32. The normalized spacial score (nSPS) is 11.3. The maximum absolute atomic E-state index is 12.1. The standard InChI is InChI=1S/C20H24N2O4/c1-25-17-10-8-15(9-11-17)12-13-21-20(24)22-18(19(23)26-2)14-16-6-4-3-5-7-16/h3-11,18H,12-14H2,1-2H3,(H2,21,22,24)/t18-/m0/s1. The highest BCUT2D eigenvalue weighted by molar-refractivity contribution is 5.83. The second-order valence-corrected chi connectivity index (χ2v) is 5.76. The lowest BCUT2D eigenvalue weighted by Gasteiger charge is -2.17. The first-order chi connectivity index (χ1) is 12.6. The molecule has 6 nitrogen and oxygen atoms in total. The Morgan fingerprint density at radius 3 is 2.27 bits per heavy atom. The number of amides is 2. The van der Waals surface area contributed by atoms with Gasteiger partial charge < -0.3 is 20.1 Å². The van der Waals surface area contributed by atoms with Gasteiger partial charge in [0.05, 0.1) is 14.2 Å². The van der Waals surface area contributed by atoms with Crippen molar-refractivity contribution in [2.45, 2.75) is 18.9 Å². The monoisotopic (exact) mass is 356 g/mol. The summed E-state index contributed by atoms with van der Waals surface area (Å²) in [6.07, 6.45) is 1.05. The lowest BCUT2D eigenvalue weighted by molar-refractivity contribution is -0.142. The summed E-state index contributed by atoms with van der Waals surface area (Å²) >= 11 is 0. The zero-order valence-electron chi connectivity index (χ0n) is 15.0. The van der Waals surface area contributed by atoms with E-state index in [1.165, 1.54) is 7.11 Å². The van der Waals surface area contributed by atoms with Crippen LogP contribution in [0.4, 0.5) is 4.79 Å². The summed E-state index contributed by atoms with van der Waals surface area (Å²) in [5, 5.41) is 5.44. The Morgan fingerprint density at radius 2 is 1.65 bits per heavy atom. The molecule has 0 spiro atoms. The zero-order chi connectivity index (χ0) is 18.8. The highest BCUT2D eigenvalue weighted by atomic mass is 16.5. The molecule has 1 atom stereocenters. The third-order valence-corrected chi connectivity index (χ3v) is 3.93. The maximum Gasteiger partial charge on any atom is 0.328 e. The van der Waals surface area contributed by atoms with Crippen LogP contribution in [0.2, 0.25) is 0 Å². The topological polar surface area (TPSA) is 76.7 Å². The van der Waals surface area contributed by atoms with Crippen LogP contribution in [-0.2, 0) is 22.4 Å². The van der Waals surface area contributed by atoms with Crippen LogP contribution in [0.3, 0.4) is 0 Å². The molecule has 0 radical (unpaired) electrons. The van der Waals surface area contributed by atoms with Crippen molar-refractivity contribution < 1.29 is 19.1 Å². The van der Waals surface area contributed by atoms with Gasteiger partial charge in [-0.05, 0) is 29.7 Å². The number of esters is 1. The van der Waals surface area contributed by atoms with E-state index >= 15 is 0 Å². The van der Waals surface area contributed by atoms with E-state index in [1.54, 1.807) is 7.11 Å². The SMILES string of the molecule is COC(=O)[C@H](Cc1ccccc1)NC(=O)NCCc1ccc(OC)cc1. The van der Waals surface area contributed by atoms with E-state index in [2.05, 4.69) is 10.6 Å². The van der Waals surface area contributed by atoms with Gasteiger partial charge in [0.25, 0.3) is 0 Å². The van der Waals surface area contributed by atoms with Gasteiger partial charge in [0.15, 0.2) is 0 Å². The Balaban J connectivity index is 1.83. The fourth-order valence-electron chi connectivity index (χ4n) is 2.51. The number of hydrogen-bond acceptors (Lipinski definition) is 4. The average Bonchev–Trinajstić information content (AvgIpc) is 2.68. The van der Waals surface area contributed by atoms with Crippen molar-refractivity contribution >= 4 is 12.0 Å². The molecule has 0 aliphatic carbocycles. The first kappa shape index (κ1) is 19.3. The number of urea groups is 1. The first-order valence-corrected chi connectivity index (χ1v) is 8.41. The van der Waals surface area contributed by atoms with Gasteiger partial charge in [-0.2, -0.15) is 0 Å². The van der Waals surface area contributed by atoms with E-state index in [-0.39, 0.29) is 0 Å². The Kier molecular flexibility index (Phi) is 7.49. The lowest BCUT2D eigenvalue weighted by Crippen LogP contribution is -2.48. The highest BCUT2D eigenvalue weighted by Gasteiger charge is 2.21. The summed E-state index contributed by atoms with van der Waals surface area (Å²) in [7, 11) is 2.93. The molecule has 26 heavy (non-hydrogen) atoms. The number of benzene rings is 2. The van der Waals surface area contributed by atoms with Gasteiger partial charge in [-0.3, -0.25) is 0 Å². The molecular weight excluding hydrogens is 332 g/mol. The maximum atomic E-state index is 12.1. The number of nitrogens with one attached hydrogen (secondary N) is 2. The van der Waals surface area contributed by atoms with Crippen LogP contribution in [0, 0.1) is 0 Å². The van der Waals surface area contributed by atoms with Crippen molar-refractivity contribution in [3.05, 3.63) is 65.7 Å². The van der Waals surface area contributed by atoms with Crippen molar-refractivity contribution in [1.82, 2.24) is 10.6 Å². The molecule has 0 saturated carbocycles.